The summed E-state index contributed by atoms with van der Waals surface area (Å²) in [6, 6.07) is 14.5. The van der Waals surface area contributed by atoms with Gasteiger partial charge >= 0.3 is 11.1 Å². The third kappa shape index (κ3) is 3.22. The fourth-order valence-corrected chi connectivity index (χ4v) is 3.56. The molecule has 4 rings (SSSR count). The molecule has 2 aromatic heterocycles. The maximum atomic E-state index is 12.9. The molecule has 0 aliphatic rings. The van der Waals surface area contributed by atoms with Crippen molar-refractivity contribution in [1.82, 2.24) is 19.3 Å². The Kier molecular flexibility index (Phi) is 4.83. The van der Waals surface area contributed by atoms with Crippen LogP contribution in [0, 0.1) is 13.8 Å². The van der Waals surface area contributed by atoms with Crippen LogP contribution in [-0.2, 0) is 6.54 Å². The Morgan fingerprint density at radius 2 is 1.83 bits per heavy atom. The van der Waals surface area contributed by atoms with Crippen molar-refractivity contribution >= 4 is 22.6 Å². The molecule has 0 saturated carbocycles. The number of fused-ring (bicyclic) bond motifs is 1. The van der Waals surface area contributed by atoms with Crippen molar-refractivity contribution in [2.24, 2.45) is 0 Å². The summed E-state index contributed by atoms with van der Waals surface area (Å²) in [6.07, 6.45) is 0. The molecule has 0 aliphatic heterocycles. The van der Waals surface area contributed by atoms with E-state index < -0.39 is 11.1 Å². The molecule has 2 aromatic carbocycles. The van der Waals surface area contributed by atoms with Gasteiger partial charge in [-0.15, -0.1) is 0 Å². The topological polar surface area (TPSA) is 102 Å². The summed E-state index contributed by atoms with van der Waals surface area (Å²) in [5, 5.41) is 7.46. The number of hydrogen-bond acceptors (Lipinski definition) is 4. The predicted molar refractivity (Wildman–Crippen MR) is 115 cm³/mol. The van der Waals surface area contributed by atoms with Gasteiger partial charge in [-0.05, 0) is 51.1 Å². The molecule has 0 spiro atoms. The van der Waals surface area contributed by atoms with Crippen LogP contribution in [0.5, 0.6) is 0 Å². The smallest absolute Gasteiger partial charge is 0.316 e. The highest BCUT2D eigenvalue weighted by Gasteiger charge is 2.17. The summed E-state index contributed by atoms with van der Waals surface area (Å²) in [7, 11) is 0. The summed E-state index contributed by atoms with van der Waals surface area (Å²) >= 11 is 0. The van der Waals surface area contributed by atoms with Gasteiger partial charge in [0.05, 0.1) is 33.8 Å². The number of para-hydroxylation sites is 1. The lowest BCUT2D eigenvalue weighted by Crippen LogP contribution is -2.36. The molecular formula is C22H21N5O3. The number of anilines is 1. The van der Waals surface area contributed by atoms with Crippen molar-refractivity contribution in [2.75, 3.05) is 5.32 Å². The number of aromatic nitrogens is 4. The van der Waals surface area contributed by atoms with E-state index in [0.29, 0.717) is 34.5 Å². The number of carbonyl (C=O) groups excluding carboxylic acids is 1. The van der Waals surface area contributed by atoms with Gasteiger partial charge in [-0.2, -0.15) is 5.10 Å². The quantitative estimate of drug-likeness (QED) is 0.512. The van der Waals surface area contributed by atoms with Crippen molar-refractivity contribution in [3.05, 3.63) is 86.2 Å². The van der Waals surface area contributed by atoms with Gasteiger partial charge in [-0.3, -0.25) is 14.4 Å². The van der Waals surface area contributed by atoms with E-state index in [-0.39, 0.29) is 5.91 Å². The summed E-state index contributed by atoms with van der Waals surface area (Å²) in [5.41, 5.74) is 3.09. The van der Waals surface area contributed by atoms with Gasteiger partial charge in [0.2, 0.25) is 0 Å². The monoisotopic (exact) mass is 403 g/mol. The number of carbonyl (C=O) groups is 1. The van der Waals surface area contributed by atoms with Crippen molar-refractivity contribution < 1.29 is 4.79 Å². The van der Waals surface area contributed by atoms with Crippen molar-refractivity contribution in [2.45, 2.75) is 27.3 Å². The largest absolute Gasteiger partial charge is 0.319 e. The zero-order valence-electron chi connectivity index (χ0n) is 16.9. The number of aromatic amines is 1. The van der Waals surface area contributed by atoms with Crippen LogP contribution in [-0.4, -0.2) is 25.2 Å². The molecule has 30 heavy (non-hydrogen) atoms. The first-order valence-electron chi connectivity index (χ1n) is 9.60. The number of amides is 1. The molecule has 0 bridgehead atoms. The van der Waals surface area contributed by atoms with Gasteiger partial charge in [-0.1, -0.05) is 18.2 Å². The average molecular weight is 403 g/mol. The third-order valence-electron chi connectivity index (χ3n) is 5.08. The van der Waals surface area contributed by atoms with Gasteiger partial charge < -0.3 is 14.9 Å². The summed E-state index contributed by atoms with van der Waals surface area (Å²) < 4.78 is 3.16. The Bertz CT molecular complexity index is 1380. The second-order valence-electron chi connectivity index (χ2n) is 6.98. The molecule has 0 saturated heterocycles. The summed E-state index contributed by atoms with van der Waals surface area (Å²) in [4.78, 5) is 39.4. The van der Waals surface area contributed by atoms with Crippen molar-refractivity contribution in [1.29, 1.82) is 0 Å². The van der Waals surface area contributed by atoms with E-state index >= 15 is 0 Å². The molecule has 0 radical (unpaired) electrons. The second-order valence-corrected chi connectivity index (χ2v) is 6.98. The van der Waals surface area contributed by atoms with Crippen LogP contribution in [0.2, 0.25) is 0 Å². The van der Waals surface area contributed by atoms with E-state index in [0.717, 1.165) is 11.4 Å². The molecule has 2 heterocycles. The first-order chi connectivity index (χ1) is 14.4. The third-order valence-corrected chi connectivity index (χ3v) is 5.08. The summed E-state index contributed by atoms with van der Waals surface area (Å²) in [5.74, 6) is -0.328. The molecule has 0 unspecified atom stereocenters. The maximum absolute atomic E-state index is 12.9. The molecule has 152 valence electrons. The Morgan fingerprint density at radius 1 is 1.10 bits per heavy atom. The number of hydrogen-bond donors (Lipinski definition) is 2. The van der Waals surface area contributed by atoms with Gasteiger partial charge in [0.1, 0.15) is 0 Å². The van der Waals surface area contributed by atoms with Crippen LogP contribution in [0.25, 0.3) is 16.7 Å². The lowest BCUT2D eigenvalue weighted by Gasteiger charge is -2.10. The van der Waals surface area contributed by atoms with Crippen molar-refractivity contribution in [3.8, 4) is 5.69 Å². The first-order valence-corrected chi connectivity index (χ1v) is 9.60. The maximum Gasteiger partial charge on any atom is 0.316 e. The van der Waals surface area contributed by atoms with Crippen LogP contribution < -0.4 is 16.4 Å². The Hall–Kier alpha value is -3.94. The SMILES string of the molecule is CCn1c(=O)c(=O)[nH]c2cc(C(=O)Nc3c(C)nn(-c4ccccc4)c3C)ccc21. The molecule has 8 nitrogen and oxygen atoms in total. The van der Waals surface area contributed by atoms with Crippen LogP contribution in [0.4, 0.5) is 5.69 Å². The van der Waals surface area contributed by atoms with E-state index in [9.17, 15) is 14.4 Å². The van der Waals surface area contributed by atoms with Gasteiger partial charge in [0.15, 0.2) is 0 Å². The average Bonchev–Trinajstić information content (AvgIpc) is 3.03. The number of aryl methyl sites for hydroxylation is 2. The molecular weight excluding hydrogens is 382 g/mol. The number of benzene rings is 2. The lowest BCUT2D eigenvalue weighted by atomic mass is 10.1. The predicted octanol–water partition coefficient (Wildman–Crippen LogP) is 2.76. The molecule has 0 fully saturated rings. The number of nitrogens with one attached hydrogen (secondary N) is 2. The van der Waals surface area contributed by atoms with Crippen LogP contribution in [0.3, 0.4) is 0 Å². The van der Waals surface area contributed by atoms with E-state index in [4.69, 9.17) is 0 Å². The van der Waals surface area contributed by atoms with Crippen molar-refractivity contribution in [3.63, 3.8) is 0 Å². The number of H-pyrrole nitrogens is 1. The van der Waals surface area contributed by atoms with Gasteiger partial charge in [0.25, 0.3) is 5.91 Å². The molecule has 0 atom stereocenters. The molecule has 0 aliphatic carbocycles. The van der Waals surface area contributed by atoms with Gasteiger partial charge in [-0.25, -0.2) is 4.68 Å². The van der Waals surface area contributed by atoms with E-state index in [1.807, 2.05) is 44.2 Å². The minimum absolute atomic E-state index is 0.328. The molecule has 1 amide bonds. The Morgan fingerprint density at radius 3 is 2.53 bits per heavy atom. The minimum Gasteiger partial charge on any atom is -0.319 e. The van der Waals surface area contributed by atoms with E-state index in [1.165, 1.54) is 4.57 Å². The normalized spacial score (nSPS) is 11.0. The fraction of sp³-hybridized carbons (Fsp3) is 0.182. The Balaban J connectivity index is 1.71. The second kappa shape index (κ2) is 7.47. The number of nitrogens with zero attached hydrogens (tertiary/aromatic N) is 3. The first kappa shape index (κ1) is 19.4. The zero-order chi connectivity index (χ0) is 21.4. The standard InChI is InChI=1S/C22H21N5O3/c1-4-26-18-11-10-15(12-17(18)23-21(29)22(26)30)20(28)24-19-13(2)25-27(14(19)3)16-8-6-5-7-9-16/h5-12H,4H2,1-3H3,(H,23,29)(H,24,28). The fourth-order valence-electron chi connectivity index (χ4n) is 3.56. The van der Waals surface area contributed by atoms with E-state index in [1.54, 1.807) is 29.8 Å². The van der Waals surface area contributed by atoms with Crippen LogP contribution in [0.15, 0.2) is 58.1 Å². The number of rotatable bonds is 4. The lowest BCUT2D eigenvalue weighted by molar-refractivity contribution is 0.102. The molecule has 4 aromatic rings. The minimum atomic E-state index is -0.710. The Labute approximate surface area is 171 Å². The van der Waals surface area contributed by atoms with E-state index in [2.05, 4.69) is 15.4 Å². The highest BCUT2D eigenvalue weighted by molar-refractivity contribution is 6.06. The molecule has 8 heteroatoms. The van der Waals surface area contributed by atoms with Crippen LogP contribution >= 0.6 is 0 Å². The summed E-state index contributed by atoms with van der Waals surface area (Å²) in [6.45, 7) is 5.87. The highest BCUT2D eigenvalue weighted by atomic mass is 16.2. The zero-order valence-corrected chi connectivity index (χ0v) is 16.9. The van der Waals surface area contributed by atoms with Gasteiger partial charge in [0, 0.05) is 12.1 Å². The molecule has 2 N–H and O–H groups in total. The highest BCUT2D eigenvalue weighted by Crippen LogP contribution is 2.23. The van der Waals surface area contributed by atoms with Crippen LogP contribution in [0.1, 0.15) is 28.7 Å².